The van der Waals surface area contributed by atoms with Crippen LogP contribution in [0.1, 0.15) is 15.2 Å². The minimum Gasteiger partial charge on any atom is -0.478 e. The number of nitrogens with one attached hydrogen (secondary N) is 1. The highest BCUT2D eigenvalue weighted by molar-refractivity contribution is 9.10. The van der Waals surface area contributed by atoms with E-state index in [9.17, 15) is 4.79 Å². The summed E-state index contributed by atoms with van der Waals surface area (Å²) in [5, 5.41) is 12.1. The Bertz CT molecular complexity index is 588. The van der Waals surface area contributed by atoms with Gasteiger partial charge < -0.3 is 10.4 Å². The number of hydrogen-bond donors (Lipinski definition) is 2. The number of carboxylic acids is 1. The van der Waals surface area contributed by atoms with E-state index >= 15 is 0 Å². The maximum absolute atomic E-state index is 10.8. The molecule has 1 heterocycles. The Balaban J connectivity index is 2.06. The summed E-state index contributed by atoms with van der Waals surface area (Å²) in [5.41, 5.74) is 1.07. The van der Waals surface area contributed by atoms with Gasteiger partial charge in [0.2, 0.25) is 0 Å². The normalized spacial score (nSPS) is 10.3. The first-order valence-electron chi connectivity index (χ1n) is 4.93. The van der Waals surface area contributed by atoms with Crippen LogP contribution in [0.2, 0.25) is 4.47 Å². The van der Waals surface area contributed by atoms with E-state index in [-0.39, 0.29) is 5.56 Å². The summed E-state index contributed by atoms with van der Waals surface area (Å²) < 4.78 is 1.05. The van der Waals surface area contributed by atoms with Gasteiger partial charge in [0.05, 0.1) is 12.1 Å². The molecule has 0 spiro atoms. The van der Waals surface area contributed by atoms with Crippen molar-refractivity contribution in [1.82, 2.24) is 4.98 Å². The number of nitrogens with zero attached hydrogens (tertiary/aromatic N) is 1. The van der Waals surface area contributed by atoms with Crippen molar-refractivity contribution in [2.24, 2.45) is 0 Å². The molecule has 0 aliphatic carbocycles. The van der Waals surface area contributed by atoms with E-state index in [1.807, 2.05) is 0 Å². The van der Waals surface area contributed by atoms with Crippen LogP contribution in [0.3, 0.4) is 0 Å². The topological polar surface area (TPSA) is 62.2 Å². The number of halogens is 2. The smallest absolute Gasteiger partial charge is 0.336 e. The molecule has 0 atom stereocenters. The van der Waals surface area contributed by atoms with E-state index in [1.54, 1.807) is 24.4 Å². The summed E-state index contributed by atoms with van der Waals surface area (Å²) in [4.78, 5) is 15.8. The van der Waals surface area contributed by atoms with Gasteiger partial charge in [-0.05, 0) is 34.1 Å². The number of carboxylic acid groups (broad SMARTS) is 1. The minimum absolute atomic E-state index is 0.237. The van der Waals surface area contributed by atoms with Crippen molar-refractivity contribution in [1.29, 1.82) is 0 Å². The second-order valence-electron chi connectivity index (χ2n) is 3.43. The zero-order valence-electron chi connectivity index (χ0n) is 8.98. The van der Waals surface area contributed by atoms with Crippen LogP contribution >= 0.6 is 38.9 Å². The van der Waals surface area contributed by atoms with Crippen LogP contribution in [-0.4, -0.2) is 16.1 Å². The lowest BCUT2D eigenvalue weighted by atomic mass is 10.2. The van der Waals surface area contributed by atoms with Gasteiger partial charge in [0, 0.05) is 21.2 Å². The second kappa shape index (κ2) is 5.69. The van der Waals surface area contributed by atoms with Gasteiger partial charge in [-0.2, -0.15) is 0 Å². The maximum atomic E-state index is 10.8. The number of rotatable bonds is 4. The standard InChI is InChI=1S/C11H8BrClN2O2S/c12-9-3-6(1-2-8(9)10(16)17)14-4-7-5-15-11(13)18-7/h1-3,5,14H,4H2,(H,16,17). The van der Waals surface area contributed by atoms with E-state index in [4.69, 9.17) is 16.7 Å². The maximum Gasteiger partial charge on any atom is 0.336 e. The van der Waals surface area contributed by atoms with Crippen LogP contribution in [0.25, 0.3) is 0 Å². The lowest BCUT2D eigenvalue weighted by Gasteiger charge is -2.06. The molecule has 2 N–H and O–H groups in total. The Morgan fingerprint density at radius 1 is 1.56 bits per heavy atom. The van der Waals surface area contributed by atoms with Crippen LogP contribution in [0, 0.1) is 0 Å². The van der Waals surface area contributed by atoms with E-state index < -0.39 is 5.97 Å². The molecule has 18 heavy (non-hydrogen) atoms. The number of aromatic nitrogens is 1. The zero-order valence-corrected chi connectivity index (χ0v) is 12.1. The second-order valence-corrected chi connectivity index (χ2v) is 5.98. The lowest BCUT2D eigenvalue weighted by molar-refractivity contribution is 0.0696. The highest BCUT2D eigenvalue weighted by atomic mass is 79.9. The van der Waals surface area contributed by atoms with Gasteiger partial charge in [0.1, 0.15) is 0 Å². The van der Waals surface area contributed by atoms with Crippen LogP contribution < -0.4 is 5.32 Å². The predicted octanol–water partition coefficient (Wildman–Crippen LogP) is 3.87. The van der Waals surface area contributed by atoms with E-state index in [0.717, 1.165) is 10.6 Å². The molecule has 0 unspecified atom stereocenters. The molecular weight excluding hydrogens is 340 g/mol. The average Bonchev–Trinajstić information content (AvgIpc) is 2.72. The summed E-state index contributed by atoms with van der Waals surface area (Å²) in [6.45, 7) is 0.600. The monoisotopic (exact) mass is 346 g/mol. The Hall–Kier alpha value is -1.11. The molecular formula is C11H8BrClN2O2S. The molecule has 0 saturated carbocycles. The van der Waals surface area contributed by atoms with E-state index in [1.165, 1.54) is 11.3 Å². The first kappa shape index (κ1) is 13.3. The number of aromatic carboxylic acids is 1. The Morgan fingerprint density at radius 2 is 2.33 bits per heavy atom. The van der Waals surface area contributed by atoms with Gasteiger partial charge in [0.25, 0.3) is 0 Å². The Labute approximate surface area is 121 Å². The molecule has 4 nitrogen and oxygen atoms in total. The van der Waals surface area contributed by atoms with Gasteiger partial charge in [0.15, 0.2) is 4.47 Å². The minimum atomic E-state index is -0.956. The van der Waals surface area contributed by atoms with Gasteiger partial charge in [-0.15, -0.1) is 11.3 Å². The van der Waals surface area contributed by atoms with E-state index in [2.05, 4.69) is 26.2 Å². The van der Waals surface area contributed by atoms with Crippen LogP contribution in [0.4, 0.5) is 5.69 Å². The molecule has 7 heteroatoms. The quantitative estimate of drug-likeness (QED) is 0.881. The zero-order chi connectivity index (χ0) is 13.1. The summed E-state index contributed by atoms with van der Waals surface area (Å²) >= 11 is 10.4. The van der Waals surface area contributed by atoms with Crippen molar-refractivity contribution in [3.63, 3.8) is 0 Å². The molecule has 2 aromatic rings. The van der Waals surface area contributed by atoms with Crippen molar-refractivity contribution in [2.45, 2.75) is 6.54 Å². The number of benzene rings is 1. The van der Waals surface area contributed by atoms with Crippen molar-refractivity contribution in [3.8, 4) is 0 Å². The molecule has 1 aromatic carbocycles. The number of carbonyl (C=O) groups is 1. The molecule has 0 fully saturated rings. The first-order valence-corrected chi connectivity index (χ1v) is 6.92. The first-order chi connectivity index (χ1) is 8.56. The number of hydrogen-bond acceptors (Lipinski definition) is 4. The van der Waals surface area contributed by atoms with Crippen molar-refractivity contribution in [2.75, 3.05) is 5.32 Å². The van der Waals surface area contributed by atoms with Crippen LogP contribution in [-0.2, 0) is 6.54 Å². The number of anilines is 1. The molecule has 94 valence electrons. The predicted molar refractivity (Wildman–Crippen MR) is 75.6 cm³/mol. The fourth-order valence-corrected chi connectivity index (χ4v) is 2.82. The summed E-state index contributed by atoms with van der Waals surface area (Å²) in [6, 6.07) is 5.00. The number of thiazole rings is 1. The highest BCUT2D eigenvalue weighted by Gasteiger charge is 2.08. The van der Waals surface area contributed by atoms with Crippen molar-refractivity contribution >= 4 is 50.5 Å². The molecule has 0 saturated heterocycles. The van der Waals surface area contributed by atoms with Crippen molar-refractivity contribution in [3.05, 3.63) is 43.8 Å². The largest absolute Gasteiger partial charge is 0.478 e. The molecule has 0 radical (unpaired) electrons. The van der Waals surface area contributed by atoms with Gasteiger partial charge >= 0.3 is 5.97 Å². The molecule has 0 amide bonds. The Kier molecular flexibility index (Phi) is 4.21. The summed E-state index contributed by atoms with van der Waals surface area (Å²) in [7, 11) is 0. The molecule has 0 aliphatic rings. The van der Waals surface area contributed by atoms with Crippen LogP contribution in [0.5, 0.6) is 0 Å². The summed E-state index contributed by atoms with van der Waals surface area (Å²) in [6.07, 6.45) is 1.71. The SMILES string of the molecule is O=C(O)c1ccc(NCc2cnc(Cl)s2)cc1Br. The van der Waals surface area contributed by atoms with Crippen molar-refractivity contribution < 1.29 is 9.90 Å². The lowest BCUT2D eigenvalue weighted by Crippen LogP contribution is -2.01. The van der Waals surface area contributed by atoms with Crippen LogP contribution in [0.15, 0.2) is 28.9 Å². The van der Waals surface area contributed by atoms with Gasteiger partial charge in [-0.1, -0.05) is 11.6 Å². The van der Waals surface area contributed by atoms with Gasteiger partial charge in [-0.25, -0.2) is 9.78 Å². The van der Waals surface area contributed by atoms with Gasteiger partial charge in [-0.3, -0.25) is 0 Å². The third kappa shape index (κ3) is 3.22. The van der Waals surface area contributed by atoms with E-state index in [0.29, 0.717) is 15.5 Å². The fraction of sp³-hybridized carbons (Fsp3) is 0.0909. The fourth-order valence-electron chi connectivity index (χ4n) is 1.35. The molecule has 2 rings (SSSR count). The third-order valence-electron chi connectivity index (χ3n) is 2.19. The third-order valence-corrected chi connectivity index (χ3v) is 3.96. The molecule has 0 bridgehead atoms. The Morgan fingerprint density at radius 3 is 2.89 bits per heavy atom. The molecule has 0 aliphatic heterocycles. The highest BCUT2D eigenvalue weighted by Crippen LogP contribution is 2.23. The molecule has 1 aromatic heterocycles. The summed E-state index contributed by atoms with van der Waals surface area (Å²) in [5.74, 6) is -0.956. The average molecular weight is 348 g/mol.